The molecular formula is C29H23NO5. The van der Waals surface area contributed by atoms with Crippen molar-refractivity contribution < 1.29 is 23.9 Å². The first-order valence-corrected chi connectivity index (χ1v) is 11.6. The van der Waals surface area contributed by atoms with Crippen molar-refractivity contribution in [3.63, 3.8) is 0 Å². The van der Waals surface area contributed by atoms with Gasteiger partial charge in [0.25, 0.3) is 0 Å². The van der Waals surface area contributed by atoms with E-state index in [0.717, 1.165) is 22.3 Å². The van der Waals surface area contributed by atoms with E-state index >= 15 is 0 Å². The van der Waals surface area contributed by atoms with Crippen LogP contribution in [0.2, 0.25) is 0 Å². The van der Waals surface area contributed by atoms with Crippen LogP contribution in [0.3, 0.4) is 0 Å². The van der Waals surface area contributed by atoms with Gasteiger partial charge in [-0.3, -0.25) is 14.4 Å². The predicted octanol–water partition coefficient (Wildman–Crippen LogP) is 4.53. The van der Waals surface area contributed by atoms with Gasteiger partial charge in [-0.05, 0) is 54.0 Å². The molecule has 35 heavy (non-hydrogen) atoms. The Labute approximate surface area is 202 Å². The maximum Gasteiger partial charge on any atom is 0.319 e. The Hall–Kier alpha value is -4.19. The van der Waals surface area contributed by atoms with E-state index < -0.39 is 23.7 Å². The second kappa shape index (κ2) is 7.94. The molecule has 1 fully saturated rings. The van der Waals surface area contributed by atoms with Crippen LogP contribution in [0.4, 0.5) is 5.69 Å². The molecule has 1 aliphatic carbocycles. The van der Waals surface area contributed by atoms with E-state index in [-0.39, 0.29) is 17.7 Å². The summed E-state index contributed by atoms with van der Waals surface area (Å²) in [7, 11) is 1.56. The number of carbonyl (C=O) groups excluding carboxylic acids is 3. The fraction of sp³-hybridized carbons (Fsp3) is 0.207. The molecule has 4 atom stereocenters. The molecule has 0 saturated carbocycles. The van der Waals surface area contributed by atoms with Gasteiger partial charge in [-0.2, -0.15) is 0 Å². The van der Waals surface area contributed by atoms with Crippen LogP contribution in [0.1, 0.15) is 22.6 Å². The van der Waals surface area contributed by atoms with E-state index in [2.05, 4.69) is 0 Å². The van der Waals surface area contributed by atoms with Crippen LogP contribution >= 0.6 is 0 Å². The molecule has 2 aliphatic heterocycles. The molecule has 6 rings (SSSR count). The number of anilines is 1. The number of rotatable bonds is 3. The Morgan fingerprint density at radius 2 is 1.57 bits per heavy atom. The minimum atomic E-state index is -0.850. The van der Waals surface area contributed by atoms with Gasteiger partial charge in [0.05, 0.1) is 30.6 Å². The molecule has 0 aromatic heterocycles. The van der Waals surface area contributed by atoms with Crippen molar-refractivity contribution in [3.8, 4) is 11.5 Å². The van der Waals surface area contributed by atoms with E-state index in [0.29, 0.717) is 17.2 Å². The molecule has 1 saturated heterocycles. The lowest BCUT2D eigenvalue weighted by Crippen LogP contribution is -2.42. The van der Waals surface area contributed by atoms with Gasteiger partial charge < -0.3 is 9.47 Å². The monoisotopic (exact) mass is 465 g/mol. The molecule has 6 nitrogen and oxygen atoms in total. The van der Waals surface area contributed by atoms with Crippen molar-refractivity contribution in [1.82, 2.24) is 0 Å². The molecule has 0 N–H and O–H groups in total. The molecular weight excluding hydrogens is 442 g/mol. The zero-order chi connectivity index (χ0) is 24.3. The van der Waals surface area contributed by atoms with Gasteiger partial charge in [0.15, 0.2) is 0 Å². The number of fused-ring (bicyclic) bond motifs is 5. The number of allylic oxidation sites excluding steroid dienone is 1. The van der Waals surface area contributed by atoms with Gasteiger partial charge in [0.1, 0.15) is 11.5 Å². The molecule has 0 radical (unpaired) electrons. The van der Waals surface area contributed by atoms with Crippen LogP contribution < -0.4 is 14.4 Å². The maximum absolute atomic E-state index is 13.9. The summed E-state index contributed by atoms with van der Waals surface area (Å²) >= 11 is 0. The van der Waals surface area contributed by atoms with Crippen molar-refractivity contribution in [2.45, 2.75) is 12.8 Å². The quantitative estimate of drug-likeness (QED) is 0.323. The third-order valence-corrected chi connectivity index (χ3v) is 7.27. The van der Waals surface area contributed by atoms with Crippen LogP contribution in [0.25, 0.3) is 5.57 Å². The number of aryl methyl sites for hydroxylation is 1. The van der Waals surface area contributed by atoms with Gasteiger partial charge in [0, 0.05) is 11.5 Å². The average Bonchev–Trinajstić information content (AvgIpc) is 3.14. The smallest absolute Gasteiger partial charge is 0.319 e. The molecule has 3 aliphatic rings. The summed E-state index contributed by atoms with van der Waals surface area (Å²) < 4.78 is 10.9. The van der Waals surface area contributed by atoms with Crippen LogP contribution in [0.15, 0.2) is 78.9 Å². The summed E-state index contributed by atoms with van der Waals surface area (Å²) in [4.78, 5) is 42.3. The lowest BCUT2D eigenvalue weighted by molar-refractivity contribution is -0.142. The summed E-state index contributed by atoms with van der Waals surface area (Å²) in [5.74, 6) is -2.82. The summed E-state index contributed by atoms with van der Waals surface area (Å²) in [6, 6.07) is 22.2. The highest BCUT2D eigenvalue weighted by atomic mass is 16.5. The first-order chi connectivity index (χ1) is 17.0. The number of hydrogen-bond donors (Lipinski definition) is 0. The highest BCUT2D eigenvalue weighted by Gasteiger charge is 2.60. The van der Waals surface area contributed by atoms with E-state index in [1.54, 1.807) is 31.4 Å². The molecule has 3 aromatic carbocycles. The topological polar surface area (TPSA) is 72.9 Å². The Kier molecular flexibility index (Phi) is 4.85. The fourth-order valence-electron chi connectivity index (χ4n) is 5.65. The van der Waals surface area contributed by atoms with E-state index in [9.17, 15) is 14.4 Å². The molecule has 0 bridgehead atoms. The number of benzene rings is 3. The molecule has 0 spiro atoms. The molecule has 174 valence electrons. The number of amides is 2. The standard InChI is InChI=1S/C29H23NO5/c1-16-8-13-20-22-15-21(17-6-4-3-5-7-17)24-26(25(22)29(33)35-23(20)14-16)28(32)30(27(24)31)18-9-11-19(34-2)12-10-18/h3-15,21,24-26H,1-2H3/t21-,24-,25-,26+/m1/s1. The van der Waals surface area contributed by atoms with Gasteiger partial charge >= 0.3 is 5.97 Å². The minimum absolute atomic E-state index is 0.308. The largest absolute Gasteiger partial charge is 0.497 e. The molecule has 0 unspecified atom stereocenters. The van der Waals surface area contributed by atoms with Gasteiger partial charge in [-0.1, -0.05) is 48.5 Å². The lowest BCUT2D eigenvalue weighted by atomic mass is 9.64. The average molecular weight is 466 g/mol. The SMILES string of the molecule is COc1ccc(N2C(=O)[C@@H]3[C@@H]4C(=O)Oc5cc(C)ccc5C4=C[C@H](c4ccccc4)[C@H]3C2=O)cc1. The number of methoxy groups -OCH3 is 1. The van der Waals surface area contributed by atoms with E-state index in [1.807, 2.05) is 61.5 Å². The van der Waals surface area contributed by atoms with Gasteiger partial charge in [-0.25, -0.2) is 4.90 Å². The second-order valence-electron chi connectivity index (χ2n) is 9.22. The second-order valence-corrected chi connectivity index (χ2v) is 9.22. The number of nitrogens with zero attached hydrogens (tertiary/aromatic N) is 1. The van der Waals surface area contributed by atoms with Crippen LogP contribution in [-0.2, 0) is 14.4 Å². The first kappa shape index (κ1) is 21.4. The summed E-state index contributed by atoms with van der Waals surface area (Å²) in [5.41, 5.74) is 3.91. The van der Waals surface area contributed by atoms with Gasteiger partial charge in [-0.15, -0.1) is 0 Å². The van der Waals surface area contributed by atoms with E-state index in [1.165, 1.54) is 4.90 Å². The Morgan fingerprint density at radius 3 is 2.29 bits per heavy atom. The molecule has 6 heteroatoms. The summed E-state index contributed by atoms with van der Waals surface area (Å²) in [5, 5.41) is 0. The third-order valence-electron chi connectivity index (χ3n) is 7.27. The highest BCUT2D eigenvalue weighted by molar-refractivity contribution is 6.24. The van der Waals surface area contributed by atoms with Crippen molar-refractivity contribution in [1.29, 1.82) is 0 Å². The summed E-state index contributed by atoms with van der Waals surface area (Å²) in [6.07, 6.45) is 2.00. The predicted molar refractivity (Wildman–Crippen MR) is 130 cm³/mol. The van der Waals surface area contributed by atoms with Gasteiger partial charge in [0.2, 0.25) is 11.8 Å². The fourth-order valence-corrected chi connectivity index (χ4v) is 5.65. The molecule has 2 amide bonds. The van der Waals surface area contributed by atoms with Crippen molar-refractivity contribution in [2.75, 3.05) is 12.0 Å². The number of carbonyl (C=O) groups is 3. The minimum Gasteiger partial charge on any atom is -0.497 e. The van der Waals surface area contributed by atoms with Crippen LogP contribution in [0, 0.1) is 24.7 Å². The maximum atomic E-state index is 13.9. The number of ether oxygens (including phenoxy) is 2. The Bertz CT molecular complexity index is 1390. The first-order valence-electron chi connectivity index (χ1n) is 11.6. The van der Waals surface area contributed by atoms with Crippen molar-refractivity contribution >= 4 is 29.0 Å². The Balaban J connectivity index is 1.52. The van der Waals surface area contributed by atoms with Crippen LogP contribution in [-0.4, -0.2) is 24.9 Å². The van der Waals surface area contributed by atoms with Crippen LogP contribution in [0.5, 0.6) is 11.5 Å². The Morgan fingerprint density at radius 1 is 0.857 bits per heavy atom. The number of esters is 1. The van der Waals surface area contributed by atoms with Crippen molar-refractivity contribution in [2.24, 2.45) is 17.8 Å². The highest BCUT2D eigenvalue weighted by Crippen LogP contribution is 2.54. The van der Waals surface area contributed by atoms with Crippen molar-refractivity contribution in [3.05, 3.63) is 95.6 Å². The zero-order valence-corrected chi connectivity index (χ0v) is 19.3. The molecule has 3 aromatic rings. The third kappa shape index (κ3) is 3.21. The van der Waals surface area contributed by atoms with E-state index in [4.69, 9.17) is 9.47 Å². The summed E-state index contributed by atoms with van der Waals surface area (Å²) in [6.45, 7) is 1.93. The molecule has 2 heterocycles. The zero-order valence-electron chi connectivity index (χ0n) is 19.3. The number of hydrogen-bond acceptors (Lipinski definition) is 5. The lowest BCUT2D eigenvalue weighted by Gasteiger charge is -2.38. The normalized spacial score (nSPS) is 24.8. The number of imide groups is 1.